The molecule has 184 valence electrons. The molecule has 1 N–H and O–H groups in total. The summed E-state index contributed by atoms with van der Waals surface area (Å²) >= 11 is 1.41. The number of rotatable bonds is 10. The number of hydrogen-bond donors (Lipinski definition) is 1. The van der Waals surface area contributed by atoms with Crippen LogP contribution in [0.5, 0.6) is 11.5 Å². The van der Waals surface area contributed by atoms with E-state index in [2.05, 4.69) is 15.3 Å². The number of carbonyl (C=O) groups is 2. The molecule has 4 aromatic rings. The topological polar surface area (TPSA) is 99.6 Å². The van der Waals surface area contributed by atoms with E-state index in [0.29, 0.717) is 30.1 Å². The van der Waals surface area contributed by atoms with Crippen LogP contribution >= 0.6 is 11.3 Å². The first-order valence-electron chi connectivity index (χ1n) is 11.3. The van der Waals surface area contributed by atoms with Gasteiger partial charge in [0.05, 0.1) is 7.11 Å². The largest absolute Gasteiger partial charge is 0.514 e. The number of amides is 1. The zero-order chi connectivity index (χ0) is 25.2. The van der Waals surface area contributed by atoms with Gasteiger partial charge in [0.15, 0.2) is 16.6 Å². The Morgan fingerprint density at radius 3 is 2.56 bits per heavy atom. The van der Waals surface area contributed by atoms with E-state index in [-0.39, 0.29) is 18.3 Å². The molecule has 0 unspecified atom stereocenters. The van der Waals surface area contributed by atoms with Gasteiger partial charge >= 0.3 is 6.16 Å². The van der Waals surface area contributed by atoms with Crippen molar-refractivity contribution in [2.45, 2.75) is 25.9 Å². The Kier molecular flexibility index (Phi) is 8.61. The lowest BCUT2D eigenvalue weighted by atomic mass is 10.1. The molecular formula is C27H25N3O5S. The quantitative estimate of drug-likeness (QED) is 0.228. The summed E-state index contributed by atoms with van der Waals surface area (Å²) < 4.78 is 15.9. The molecule has 1 amide bonds. The van der Waals surface area contributed by atoms with Crippen molar-refractivity contribution < 1.29 is 23.8 Å². The lowest BCUT2D eigenvalue weighted by Crippen LogP contribution is -2.12. The van der Waals surface area contributed by atoms with Crippen LogP contribution in [0, 0.1) is 0 Å². The molecule has 36 heavy (non-hydrogen) atoms. The maximum Gasteiger partial charge on any atom is 0.514 e. The Labute approximate surface area is 212 Å². The lowest BCUT2D eigenvalue weighted by molar-refractivity contribution is -0.116. The van der Waals surface area contributed by atoms with E-state index in [1.54, 1.807) is 30.7 Å². The number of hydrogen-bond acceptors (Lipinski definition) is 8. The second kappa shape index (κ2) is 12.5. The van der Waals surface area contributed by atoms with E-state index in [0.717, 1.165) is 21.6 Å². The van der Waals surface area contributed by atoms with Crippen molar-refractivity contribution in [2.75, 3.05) is 12.4 Å². The molecule has 8 nitrogen and oxygen atoms in total. The number of methoxy groups -OCH3 is 1. The van der Waals surface area contributed by atoms with Crippen molar-refractivity contribution in [2.24, 2.45) is 0 Å². The van der Waals surface area contributed by atoms with Crippen LogP contribution in [0.25, 0.3) is 0 Å². The third-order valence-corrected chi connectivity index (χ3v) is 6.08. The fourth-order valence-corrected chi connectivity index (χ4v) is 4.24. The second-order valence-electron chi connectivity index (χ2n) is 7.83. The number of benzene rings is 2. The van der Waals surface area contributed by atoms with Crippen molar-refractivity contribution in [1.29, 1.82) is 0 Å². The fraction of sp³-hybridized carbons (Fsp3) is 0.185. The lowest BCUT2D eigenvalue weighted by Gasteiger charge is -2.11. The van der Waals surface area contributed by atoms with Crippen molar-refractivity contribution >= 4 is 28.5 Å². The molecule has 0 saturated carbocycles. The number of nitrogens with one attached hydrogen (secondary N) is 1. The number of carbonyl (C=O) groups excluding carboxylic acids is 2. The molecule has 2 aromatic carbocycles. The molecule has 0 aliphatic carbocycles. The Balaban J connectivity index is 1.29. The van der Waals surface area contributed by atoms with Crippen molar-refractivity contribution in [3.05, 3.63) is 101 Å². The number of pyridine rings is 1. The Morgan fingerprint density at radius 2 is 1.78 bits per heavy atom. The fourth-order valence-electron chi connectivity index (χ4n) is 3.38. The molecule has 0 aliphatic rings. The number of ether oxygens (including phenoxy) is 3. The normalized spacial score (nSPS) is 10.5. The molecule has 9 heteroatoms. The first-order chi connectivity index (χ1) is 17.6. The summed E-state index contributed by atoms with van der Waals surface area (Å²) in [5.74, 6) is 0.588. The summed E-state index contributed by atoms with van der Waals surface area (Å²) in [5, 5.41) is 3.40. The number of anilines is 1. The summed E-state index contributed by atoms with van der Waals surface area (Å²) in [6.07, 6.45) is 5.94. The van der Waals surface area contributed by atoms with Crippen LogP contribution < -0.4 is 14.8 Å². The van der Waals surface area contributed by atoms with Gasteiger partial charge in [-0.1, -0.05) is 42.5 Å². The molecule has 2 heterocycles. The van der Waals surface area contributed by atoms with Gasteiger partial charge in [0.25, 0.3) is 0 Å². The van der Waals surface area contributed by atoms with E-state index in [4.69, 9.17) is 14.2 Å². The van der Waals surface area contributed by atoms with Crippen LogP contribution in [0.15, 0.2) is 79.3 Å². The van der Waals surface area contributed by atoms with Gasteiger partial charge in [0, 0.05) is 36.3 Å². The summed E-state index contributed by atoms with van der Waals surface area (Å²) in [5.41, 5.74) is 2.82. The SMILES string of the molecule is COc1cc(Cc2cnc(NC(=O)CCc3cccnc3)s2)ccc1OC(=O)OCc1ccccc1. The molecule has 0 saturated heterocycles. The molecule has 0 spiro atoms. The van der Waals surface area contributed by atoms with Gasteiger partial charge in [-0.3, -0.25) is 9.78 Å². The molecule has 0 fully saturated rings. The number of aromatic nitrogens is 2. The van der Waals surface area contributed by atoms with E-state index in [9.17, 15) is 9.59 Å². The zero-order valence-electron chi connectivity index (χ0n) is 19.7. The summed E-state index contributed by atoms with van der Waals surface area (Å²) in [6.45, 7) is 0.119. The van der Waals surface area contributed by atoms with Crippen LogP contribution in [-0.4, -0.2) is 29.1 Å². The molecule has 2 aromatic heterocycles. The predicted octanol–water partition coefficient (Wildman–Crippen LogP) is 5.42. The minimum Gasteiger partial charge on any atom is -0.493 e. The van der Waals surface area contributed by atoms with Gasteiger partial charge < -0.3 is 19.5 Å². The standard InChI is InChI=1S/C27H25N3O5S/c1-33-24-15-21(9-11-23(24)35-27(32)34-18-20-6-3-2-4-7-20)14-22-17-29-26(36-22)30-25(31)12-10-19-8-5-13-28-16-19/h2-9,11,13,15-17H,10,12,14,18H2,1H3,(H,29,30,31). The molecule has 0 bridgehead atoms. The average Bonchev–Trinajstić information content (AvgIpc) is 3.34. The molecule has 0 atom stereocenters. The maximum absolute atomic E-state index is 12.3. The van der Waals surface area contributed by atoms with Gasteiger partial charge in [-0.2, -0.15) is 0 Å². The molecule has 0 aliphatic heterocycles. The van der Waals surface area contributed by atoms with E-state index in [1.165, 1.54) is 18.4 Å². The minimum absolute atomic E-state index is 0.0953. The van der Waals surface area contributed by atoms with Crippen LogP contribution in [0.3, 0.4) is 0 Å². The number of thiazole rings is 1. The third-order valence-electron chi connectivity index (χ3n) is 5.16. The van der Waals surface area contributed by atoms with E-state index in [1.807, 2.05) is 48.5 Å². The Morgan fingerprint density at radius 1 is 0.944 bits per heavy atom. The van der Waals surface area contributed by atoms with E-state index >= 15 is 0 Å². The maximum atomic E-state index is 12.3. The predicted molar refractivity (Wildman–Crippen MR) is 136 cm³/mol. The summed E-state index contributed by atoms with van der Waals surface area (Å²) in [4.78, 5) is 33.7. The molecular weight excluding hydrogens is 478 g/mol. The minimum atomic E-state index is -0.809. The van der Waals surface area contributed by atoms with Crippen molar-refractivity contribution in [1.82, 2.24) is 9.97 Å². The smallest absolute Gasteiger partial charge is 0.493 e. The highest BCUT2D eigenvalue weighted by Crippen LogP contribution is 2.30. The van der Waals surface area contributed by atoms with Crippen molar-refractivity contribution in [3.8, 4) is 11.5 Å². The highest BCUT2D eigenvalue weighted by molar-refractivity contribution is 7.15. The zero-order valence-corrected chi connectivity index (χ0v) is 20.5. The van der Waals surface area contributed by atoms with Crippen LogP contribution in [0.2, 0.25) is 0 Å². The van der Waals surface area contributed by atoms with Crippen LogP contribution in [-0.2, 0) is 29.0 Å². The Hall–Kier alpha value is -4.24. The van der Waals surface area contributed by atoms with Gasteiger partial charge in [-0.15, -0.1) is 11.3 Å². The second-order valence-corrected chi connectivity index (χ2v) is 8.94. The molecule has 0 radical (unpaired) electrons. The number of nitrogens with zero attached hydrogens (tertiary/aromatic N) is 2. The van der Waals surface area contributed by atoms with Crippen molar-refractivity contribution in [3.63, 3.8) is 0 Å². The highest BCUT2D eigenvalue weighted by Gasteiger charge is 2.14. The first kappa shape index (κ1) is 24.9. The number of aryl methyl sites for hydroxylation is 1. The van der Waals surface area contributed by atoms with Gasteiger partial charge in [0.2, 0.25) is 5.91 Å². The third kappa shape index (κ3) is 7.38. The molecule has 4 rings (SSSR count). The van der Waals surface area contributed by atoms with Crippen LogP contribution in [0.4, 0.5) is 9.93 Å². The van der Waals surface area contributed by atoms with Crippen LogP contribution in [0.1, 0.15) is 28.0 Å². The highest BCUT2D eigenvalue weighted by atomic mass is 32.1. The van der Waals surface area contributed by atoms with Gasteiger partial charge in [-0.25, -0.2) is 9.78 Å². The van der Waals surface area contributed by atoms with Gasteiger partial charge in [0.1, 0.15) is 6.61 Å². The van der Waals surface area contributed by atoms with Gasteiger partial charge in [-0.05, 0) is 41.3 Å². The monoisotopic (exact) mass is 503 g/mol. The summed E-state index contributed by atoms with van der Waals surface area (Å²) in [7, 11) is 1.51. The first-order valence-corrected chi connectivity index (χ1v) is 12.1. The Bertz CT molecular complexity index is 1300. The summed E-state index contributed by atoms with van der Waals surface area (Å²) in [6, 6.07) is 18.5. The average molecular weight is 504 g/mol. The van der Waals surface area contributed by atoms with E-state index < -0.39 is 6.16 Å².